The van der Waals surface area contributed by atoms with Crippen LogP contribution in [0, 0.1) is 6.92 Å². The number of hydrogen-bond acceptors (Lipinski definition) is 4. The number of aromatic nitrogens is 1. The summed E-state index contributed by atoms with van der Waals surface area (Å²) in [5.41, 5.74) is 2.53. The number of carbonyl (C=O) groups is 2. The summed E-state index contributed by atoms with van der Waals surface area (Å²) in [4.78, 5) is 29.8. The van der Waals surface area contributed by atoms with Crippen molar-refractivity contribution in [3.05, 3.63) is 51.0 Å². The van der Waals surface area contributed by atoms with Crippen molar-refractivity contribution < 1.29 is 9.59 Å². The molecule has 6 heteroatoms. The number of benzene rings is 1. The molecule has 1 atom stereocenters. The van der Waals surface area contributed by atoms with Crippen molar-refractivity contribution in [1.29, 1.82) is 0 Å². The molecule has 0 saturated heterocycles. The third-order valence-electron chi connectivity index (χ3n) is 4.12. The monoisotopic (exact) mass is 343 g/mol. The maximum absolute atomic E-state index is 12.3. The lowest BCUT2D eigenvalue weighted by molar-refractivity contribution is -0.121. The van der Waals surface area contributed by atoms with Gasteiger partial charge in [0, 0.05) is 16.4 Å². The van der Waals surface area contributed by atoms with E-state index in [0.717, 1.165) is 21.1 Å². The van der Waals surface area contributed by atoms with E-state index in [1.54, 1.807) is 17.4 Å². The molecule has 5 nitrogen and oxygen atoms in total. The number of fused-ring (bicyclic) bond motifs is 1. The van der Waals surface area contributed by atoms with Crippen LogP contribution in [0.5, 0.6) is 0 Å². The summed E-state index contributed by atoms with van der Waals surface area (Å²) >= 11 is 1.65. The molecule has 2 N–H and O–H groups in total. The Morgan fingerprint density at radius 2 is 2.12 bits per heavy atom. The molecule has 24 heavy (non-hydrogen) atoms. The van der Waals surface area contributed by atoms with Crippen LogP contribution in [-0.2, 0) is 11.3 Å². The smallest absolute Gasteiger partial charge is 0.252 e. The zero-order valence-electron chi connectivity index (χ0n) is 14.1. The molecule has 0 radical (unpaired) electrons. The van der Waals surface area contributed by atoms with E-state index in [0.29, 0.717) is 18.0 Å². The van der Waals surface area contributed by atoms with Crippen molar-refractivity contribution in [3.63, 3.8) is 0 Å². The van der Waals surface area contributed by atoms with E-state index in [9.17, 15) is 9.59 Å². The van der Waals surface area contributed by atoms with E-state index in [1.165, 1.54) is 0 Å². The van der Waals surface area contributed by atoms with Gasteiger partial charge in [0.05, 0.1) is 29.7 Å². The fourth-order valence-electron chi connectivity index (χ4n) is 2.78. The molecular formula is C18H21N3O2S. The molecule has 126 valence electrons. The molecule has 3 rings (SSSR count). The fraction of sp³-hybridized carbons (Fsp3) is 0.389. The molecule has 1 aromatic heterocycles. The number of thiazole rings is 1. The summed E-state index contributed by atoms with van der Waals surface area (Å²) in [6.07, 6.45) is 0.248. The molecular weight excluding hydrogens is 322 g/mol. The van der Waals surface area contributed by atoms with Gasteiger partial charge in [-0.05, 0) is 18.6 Å². The van der Waals surface area contributed by atoms with Crippen LogP contribution in [-0.4, -0.2) is 16.8 Å². The summed E-state index contributed by atoms with van der Waals surface area (Å²) in [5, 5.41) is 6.91. The van der Waals surface area contributed by atoms with Gasteiger partial charge in [0.2, 0.25) is 5.91 Å². The maximum Gasteiger partial charge on any atom is 0.252 e. The Morgan fingerprint density at radius 3 is 2.83 bits per heavy atom. The molecule has 1 aromatic carbocycles. The summed E-state index contributed by atoms with van der Waals surface area (Å²) in [6, 6.07) is 7.16. The molecule has 1 aliphatic rings. The number of hydrogen-bond donors (Lipinski definition) is 2. The summed E-state index contributed by atoms with van der Waals surface area (Å²) < 4.78 is 0. The van der Waals surface area contributed by atoms with Gasteiger partial charge in [0.1, 0.15) is 0 Å². The number of nitrogens with zero attached hydrogens (tertiary/aromatic N) is 1. The van der Waals surface area contributed by atoms with Crippen LogP contribution >= 0.6 is 11.3 Å². The van der Waals surface area contributed by atoms with Crippen LogP contribution in [0.25, 0.3) is 0 Å². The molecule has 0 spiro atoms. The Balaban J connectivity index is 1.60. The third-order valence-corrected chi connectivity index (χ3v) is 5.58. The lowest BCUT2D eigenvalue weighted by Gasteiger charge is -2.11. The Labute approximate surface area is 145 Å². The van der Waals surface area contributed by atoms with Crippen LogP contribution < -0.4 is 10.6 Å². The highest BCUT2D eigenvalue weighted by Crippen LogP contribution is 2.28. The predicted molar refractivity (Wildman–Crippen MR) is 94.1 cm³/mol. The van der Waals surface area contributed by atoms with Crippen molar-refractivity contribution in [2.75, 3.05) is 0 Å². The average Bonchev–Trinajstić information content (AvgIpc) is 3.07. The predicted octanol–water partition coefficient (Wildman–Crippen LogP) is 3.07. The molecule has 0 aliphatic carbocycles. The van der Waals surface area contributed by atoms with Gasteiger partial charge in [-0.3, -0.25) is 9.59 Å². The first-order valence-electron chi connectivity index (χ1n) is 8.08. The number of amides is 2. The van der Waals surface area contributed by atoms with Crippen LogP contribution in [0.2, 0.25) is 0 Å². The Morgan fingerprint density at radius 1 is 1.38 bits per heavy atom. The van der Waals surface area contributed by atoms with E-state index in [1.807, 2.05) is 25.1 Å². The number of rotatable bonds is 5. The Kier molecular flexibility index (Phi) is 4.66. The molecule has 0 fully saturated rings. The number of aryl methyl sites for hydroxylation is 1. The van der Waals surface area contributed by atoms with Gasteiger partial charge in [-0.1, -0.05) is 32.0 Å². The standard InChI is InChI=1S/C18H21N3O2S/c1-10(2)18-20-11(3)15(24-18)9-19-16(22)8-14-12-6-4-5-7-13(12)17(23)21-14/h4-7,10,14H,8-9H2,1-3H3,(H,19,22)(H,21,23). The van der Waals surface area contributed by atoms with Crippen LogP contribution in [0.3, 0.4) is 0 Å². The van der Waals surface area contributed by atoms with Gasteiger partial charge in [0.25, 0.3) is 5.91 Å². The van der Waals surface area contributed by atoms with Crippen LogP contribution in [0.15, 0.2) is 24.3 Å². The lowest BCUT2D eigenvalue weighted by atomic mass is 10.0. The Bertz CT molecular complexity index is 782. The summed E-state index contributed by atoms with van der Waals surface area (Å²) in [5.74, 6) is 0.211. The van der Waals surface area contributed by atoms with Gasteiger partial charge >= 0.3 is 0 Å². The normalized spacial score (nSPS) is 16.2. The second-order valence-electron chi connectivity index (χ2n) is 6.31. The molecule has 0 bridgehead atoms. The number of nitrogens with one attached hydrogen (secondary N) is 2. The first-order chi connectivity index (χ1) is 11.5. The molecule has 2 aromatic rings. The first kappa shape index (κ1) is 16.6. The first-order valence-corrected chi connectivity index (χ1v) is 8.90. The van der Waals surface area contributed by atoms with Gasteiger partial charge < -0.3 is 10.6 Å². The quantitative estimate of drug-likeness (QED) is 0.876. The zero-order valence-corrected chi connectivity index (χ0v) is 14.9. The Hall–Kier alpha value is -2.21. The minimum absolute atomic E-state index is 0.0732. The highest BCUT2D eigenvalue weighted by Gasteiger charge is 2.29. The molecule has 0 saturated carbocycles. The zero-order chi connectivity index (χ0) is 17.3. The van der Waals surface area contributed by atoms with Crippen molar-refractivity contribution in [2.24, 2.45) is 0 Å². The SMILES string of the molecule is Cc1nc(C(C)C)sc1CNC(=O)CC1NC(=O)c2ccccc21. The van der Waals surface area contributed by atoms with Gasteiger partial charge in [-0.25, -0.2) is 4.98 Å². The van der Waals surface area contributed by atoms with E-state index < -0.39 is 0 Å². The third kappa shape index (κ3) is 3.33. The number of carbonyl (C=O) groups excluding carboxylic acids is 2. The second-order valence-corrected chi connectivity index (χ2v) is 7.42. The van der Waals surface area contributed by atoms with Crippen LogP contribution in [0.4, 0.5) is 0 Å². The molecule has 2 amide bonds. The van der Waals surface area contributed by atoms with Gasteiger partial charge in [-0.15, -0.1) is 11.3 Å². The van der Waals surface area contributed by atoms with Gasteiger partial charge in [0.15, 0.2) is 0 Å². The second kappa shape index (κ2) is 6.73. The minimum atomic E-state index is -0.248. The largest absolute Gasteiger partial charge is 0.351 e. The van der Waals surface area contributed by atoms with Crippen molar-refractivity contribution in [1.82, 2.24) is 15.6 Å². The van der Waals surface area contributed by atoms with E-state index in [4.69, 9.17) is 0 Å². The summed E-state index contributed by atoms with van der Waals surface area (Å²) in [7, 11) is 0. The van der Waals surface area contributed by atoms with Crippen molar-refractivity contribution >= 4 is 23.2 Å². The molecule has 1 unspecified atom stereocenters. The minimum Gasteiger partial charge on any atom is -0.351 e. The van der Waals surface area contributed by atoms with E-state index >= 15 is 0 Å². The average molecular weight is 343 g/mol. The van der Waals surface area contributed by atoms with Crippen LogP contribution in [0.1, 0.15) is 63.7 Å². The van der Waals surface area contributed by atoms with Gasteiger partial charge in [-0.2, -0.15) is 0 Å². The summed E-state index contributed by atoms with van der Waals surface area (Å²) in [6.45, 7) is 6.68. The topological polar surface area (TPSA) is 71.1 Å². The van der Waals surface area contributed by atoms with E-state index in [2.05, 4.69) is 29.5 Å². The highest BCUT2D eigenvalue weighted by atomic mass is 32.1. The lowest BCUT2D eigenvalue weighted by Crippen LogP contribution is -2.28. The highest BCUT2D eigenvalue weighted by molar-refractivity contribution is 7.11. The molecule has 2 heterocycles. The van der Waals surface area contributed by atoms with Crippen molar-refractivity contribution in [2.45, 2.75) is 45.7 Å². The fourth-order valence-corrected chi connectivity index (χ4v) is 3.79. The van der Waals surface area contributed by atoms with Crippen molar-refractivity contribution in [3.8, 4) is 0 Å². The molecule has 1 aliphatic heterocycles. The van der Waals surface area contributed by atoms with E-state index in [-0.39, 0.29) is 24.3 Å². The maximum atomic E-state index is 12.3.